The quantitative estimate of drug-likeness (QED) is 0.230. The van der Waals surface area contributed by atoms with Crippen LogP contribution in [0.2, 0.25) is 0 Å². The molecule has 7 aromatic carbocycles. The molecule has 0 atom stereocenters. The van der Waals surface area contributed by atoms with Crippen LogP contribution >= 0.6 is 0 Å². The summed E-state index contributed by atoms with van der Waals surface area (Å²) in [5.74, 6) is 0. The summed E-state index contributed by atoms with van der Waals surface area (Å²) in [6, 6.07) is 48.9. The molecule has 0 spiro atoms. The van der Waals surface area contributed by atoms with Crippen molar-refractivity contribution < 1.29 is 8.83 Å². The van der Waals surface area contributed by atoms with E-state index in [-0.39, 0.29) is 0 Å². The fraction of sp³-hybridized carbons (Fsp3) is 0. The summed E-state index contributed by atoms with van der Waals surface area (Å²) >= 11 is 0. The zero-order chi connectivity index (χ0) is 26.9. The van der Waals surface area contributed by atoms with Crippen LogP contribution in [0.4, 0.5) is 17.1 Å². The lowest BCUT2D eigenvalue weighted by Gasteiger charge is -2.25. The van der Waals surface area contributed by atoms with Gasteiger partial charge in [0, 0.05) is 44.7 Å². The molecular formula is C38H23NO2. The molecule has 0 N–H and O–H groups in total. The van der Waals surface area contributed by atoms with Gasteiger partial charge in [0.1, 0.15) is 22.3 Å². The van der Waals surface area contributed by atoms with Gasteiger partial charge in [-0.05, 0) is 76.1 Å². The number of fused-ring (bicyclic) bond motifs is 10. The van der Waals surface area contributed by atoms with E-state index >= 15 is 0 Å². The van der Waals surface area contributed by atoms with E-state index in [0.29, 0.717) is 0 Å². The van der Waals surface area contributed by atoms with Crippen LogP contribution in [0.1, 0.15) is 0 Å². The third-order valence-electron chi connectivity index (χ3n) is 8.22. The number of furan rings is 2. The third kappa shape index (κ3) is 3.33. The van der Waals surface area contributed by atoms with Gasteiger partial charge in [-0.2, -0.15) is 0 Å². The van der Waals surface area contributed by atoms with Crippen molar-refractivity contribution in [2.75, 3.05) is 4.90 Å². The first-order valence-electron chi connectivity index (χ1n) is 13.9. The van der Waals surface area contributed by atoms with E-state index in [4.69, 9.17) is 8.83 Å². The SMILES string of the molecule is c1ccc(N(c2ccc3c(ccc4oc5ccccc5c43)c2)c2ccc3c(c2)oc2ccc4ccccc4c23)cc1. The maximum atomic E-state index is 6.44. The number of benzene rings is 7. The molecule has 0 aliphatic heterocycles. The standard InChI is InChI=1S/C38H23NO2/c1-2-9-26(10-3-1)39(27-16-18-30-25(22-27)15-21-34-38(30)31-12-6-7-13-33(31)40-34)28-17-19-32-36(23-28)41-35-20-14-24-8-4-5-11-29(24)37(32)35/h1-23H. The number of rotatable bonds is 3. The third-order valence-corrected chi connectivity index (χ3v) is 8.22. The minimum Gasteiger partial charge on any atom is -0.456 e. The van der Waals surface area contributed by atoms with Gasteiger partial charge in [0.15, 0.2) is 0 Å². The lowest BCUT2D eigenvalue weighted by Crippen LogP contribution is -2.09. The van der Waals surface area contributed by atoms with Gasteiger partial charge in [0.2, 0.25) is 0 Å². The molecule has 0 aliphatic carbocycles. The second-order valence-corrected chi connectivity index (χ2v) is 10.6. The Morgan fingerprint density at radius 2 is 0.927 bits per heavy atom. The Bertz CT molecular complexity index is 2410. The Labute approximate surface area is 235 Å². The molecule has 0 unspecified atom stereocenters. The van der Waals surface area contributed by atoms with Gasteiger partial charge in [0.25, 0.3) is 0 Å². The summed E-state index contributed by atoms with van der Waals surface area (Å²) in [5, 5.41) is 9.37. The van der Waals surface area contributed by atoms with E-state index in [9.17, 15) is 0 Å². The molecule has 3 nitrogen and oxygen atoms in total. The highest BCUT2D eigenvalue weighted by Crippen LogP contribution is 2.42. The van der Waals surface area contributed by atoms with Gasteiger partial charge in [-0.1, -0.05) is 78.9 Å². The largest absolute Gasteiger partial charge is 0.456 e. The maximum absolute atomic E-state index is 6.44. The topological polar surface area (TPSA) is 29.5 Å². The summed E-state index contributed by atoms with van der Waals surface area (Å²) in [5.41, 5.74) is 6.82. The molecule has 41 heavy (non-hydrogen) atoms. The van der Waals surface area contributed by atoms with Crippen molar-refractivity contribution >= 4 is 82.5 Å². The van der Waals surface area contributed by atoms with Crippen LogP contribution in [-0.4, -0.2) is 0 Å². The Morgan fingerprint density at radius 1 is 0.341 bits per heavy atom. The van der Waals surface area contributed by atoms with Gasteiger partial charge in [0.05, 0.1) is 0 Å². The highest BCUT2D eigenvalue weighted by atomic mass is 16.3. The Morgan fingerprint density at radius 3 is 1.76 bits per heavy atom. The summed E-state index contributed by atoms with van der Waals surface area (Å²) in [6.45, 7) is 0. The monoisotopic (exact) mass is 525 g/mol. The molecule has 0 aliphatic rings. The zero-order valence-electron chi connectivity index (χ0n) is 22.0. The van der Waals surface area contributed by atoms with Crippen LogP contribution in [-0.2, 0) is 0 Å². The second kappa shape index (κ2) is 8.48. The molecule has 2 heterocycles. The van der Waals surface area contributed by atoms with Crippen LogP contribution in [0.5, 0.6) is 0 Å². The van der Waals surface area contributed by atoms with Crippen molar-refractivity contribution in [1.29, 1.82) is 0 Å². The molecule has 0 saturated carbocycles. The normalized spacial score (nSPS) is 11.9. The Kier molecular flexibility index (Phi) is 4.61. The van der Waals surface area contributed by atoms with E-state index in [0.717, 1.165) is 60.9 Å². The number of nitrogens with zero attached hydrogens (tertiary/aromatic N) is 1. The van der Waals surface area contributed by atoms with Crippen LogP contribution in [0.25, 0.3) is 65.4 Å². The Balaban J connectivity index is 1.26. The smallest absolute Gasteiger partial charge is 0.137 e. The van der Waals surface area contributed by atoms with Crippen molar-refractivity contribution in [1.82, 2.24) is 0 Å². The fourth-order valence-electron chi connectivity index (χ4n) is 6.38. The van der Waals surface area contributed by atoms with Crippen molar-refractivity contribution in [3.05, 3.63) is 140 Å². The molecule has 0 saturated heterocycles. The van der Waals surface area contributed by atoms with Gasteiger partial charge in [-0.15, -0.1) is 0 Å². The van der Waals surface area contributed by atoms with Crippen molar-refractivity contribution in [2.45, 2.75) is 0 Å². The predicted molar refractivity (Wildman–Crippen MR) is 171 cm³/mol. The highest BCUT2D eigenvalue weighted by molar-refractivity contribution is 6.20. The van der Waals surface area contributed by atoms with Gasteiger partial charge < -0.3 is 13.7 Å². The fourth-order valence-corrected chi connectivity index (χ4v) is 6.38. The number of para-hydroxylation sites is 2. The molecule has 0 bridgehead atoms. The first-order valence-corrected chi connectivity index (χ1v) is 13.9. The van der Waals surface area contributed by atoms with Crippen molar-refractivity contribution in [3.63, 3.8) is 0 Å². The first kappa shape index (κ1) is 22.3. The van der Waals surface area contributed by atoms with Gasteiger partial charge in [-0.25, -0.2) is 0 Å². The second-order valence-electron chi connectivity index (χ2n) is 10.6. The van der Waals surface area contributed by atoms with E-state index < -0.39 is 0 Å². The predicted octanol–water partition coefficient (Wildman–Crippen LogP) is 11.3. The first-order chi connectivity index (χ1) is 20.3. The number of anilines is 3. The van der Waals surface area contributed by atoms with Gasteiger partial charge in [-0.3, -0.25) is 0 Å². The van der Waals surface area contributed by atoms with Crippen LogP contribution in [0, 0.1) is 0 Å². The molecule has 0 amide bonds. The number of hydrogen-bond acceptors (Lipinski definition) is 3. The van der Waals surface area contributed by atoms with Crippen molar-refractivity contribution in [2.24, 2.45) is 0 Å². The molecule has 0 fully saturated rings. The molecule has 2 aromatic heterocycles. The summed E-state index contributed by atoms with van der Waals surface area (Å²) in [6.07, 6.45) is 0. The average Bonchev–Trinajstić information content (AvgIpc) is 3.60. The average molecular weight is 526 g/mol. The minimum atomic E-state index is 0.877. The Hall–Kier alpha value is -5.54. The zero-order valence-corrected chi connectivity index (χ0v) is 22.0. The molecule has 192 valence electrons. The highest BCUT2D eigenvalue weighted by Gasteiger charge is 2.18. The van der Waals surface area contributed by atoms with E-state index in [1.807, 2.05) is 12.1 Å². The van der Waals surface area contributed by atoms with Crippen LogP contribution in [0.3, 0.4) is 0 Å². The summed E-state index contributed by atoms with van der Waals surface area (Å²) < 4.78 is 12.6. The lowest BCUT2D eigenvalue weighted by molar-refractivity contribution is 0.669. The maximum Gasteiger partial charge on any atom is 0.137 e. The van der Waals surface area contributed by atoms with Crippen LogP contribution in [0.15, 0.2) is 148 Å². The molecule has 3 heteroatoms. The van der Waals surface area contributed by atoms with Gasteiger partial charge >= 0.3 is 0 Å². The molecular weight excluding hydrogens is 502 g/mol. The lowest BCUT2D eigenvalue weighted by atomic mass is 10.0. The number of hydrogen-bond donors (Lipinski definition) is 0. The van der Waals surface area contributed by atoms with Crippen molar-refractivity contribution in [3.8, 4) is 0 Å². The molecule has 0 radical (unpaired) electrons. The van der Waals surface area contributed by atoms with Crippen LogP contribution < -0.4 is 4.90 Å². The van der Waals surface area contributed by atoms with E-state index in [2.05, 4.69) is 132 Å². The van der Waals surface area contributed by atoms with E-state index in [1.54, 1.807) is 0 Å². The molecule has 9 aromatic rings. The van der Waals surface area contributed by atoms with E-state index in [1.165, 1.54) is 21.5 Å². The summed E-state index contributed by atoms with van der Waals surface area (Å²) in [7, 11) is 0. The minimum absolute atomic E-state index is 0.877. The molecule has 9 rings (SSSR count). The summed E-state index contributed by atoms with van der Waals surface area (Å²) in [4.78, 5) is 2.29.